The van der Waals surface area contributed by atoms with Gasteiger partial charge in [-0.3, -0.25) is 0 Å². The summed E-state index contributed by atoms with van der Waals surface area (Å²) in [6.07, 6.45) is 2.17. The lowest BCUT2D eigenvalue weighted by Gasteiger charge is -2.25. The van der Waals surface area contributed by atoms with Crippen LogP contribution in [0.2, 0.25) is 0 Å². The molecule has 0 N–H and O–H groups in total. The highest BCUT2D eigenvalue weighted by atomic mass is 32.2. The number of sulfonamides is 1. The molecule has 0 saturated carbocycles. The molecule has 1 aromatic rings. The van der Waals surface area contributed by atoms with E-state index in [0.29, 0.717) is 36.4 Å². The molecule has 22 heavy (non-hydrogen) atoms. The fraction of sp³-hybridized carbons (Fsp3) is 0.529. The van der Waals surface area contributed by atoms with E-state index in [1.54, 1.807) is 16.4 Å². The molecule has 0 bridgehead atoms. The molecule has 1 aliphatic carbocycles. The molecule has 4 rings (SSSR count). The van der Waals surface area contributed by atoms with Gasteiger partial charge in [-0.05, 0) is 49.0 Å². The van der Waals surface area contributed by atoms with Crippen molar-refractivity contribution in [3.63, 3.8) is 0 Å². The van der Waals surface area contributed by atoms with E-state index in [9.17, 15) is 8.42 Å². The summed E-state index contributed by atoms with van der Waals surface area (Å²) in [7, 11) is -3.37. The molecule has 0 amide bonds. The molecule has 3 aliphatic rings. The Hall–Kier alpha value is -1.17. The zero-order valence-corrected chi connectivity index (χ0v) is 13.6. The summed E-state index contributed by atoms with van der Waals surface area (Å²) < 4.78 is 33.0. The van der Waals surface area contributed by atoms with Gasteiger partial charge in [0.2, 0.25) is 10.0 Å². The lowest BCUT2D eigenvalue weighted by molar-refractivity contribution is 0.200. The van der Waals surface area contributed by atoms with Gasteiger partial charge in [0.15, 0.2) is 0 Å². The van der Waals surface area contributed by atoms with Gasteiger partial charge < -0.3 is 4.74 Å². The van der Waals surface area contributed by atoms with E-state index in [2.05, 4.69) is 0 Å². The molecule has 0 spiro atoms. The Morgan fingerprint density at radius 3 is 2.68 bits per heavy atom. The highest BCUT2D eigenvalue weighted by molar-refractivity contribution is 7.89. The standard InChI is InChI=1S/C17H21NO3S/c1-12-2-6-15(7-3-12)22(19,20)18-8-13-4-5-14-10-21-11-17(14)16(13)9-18/h2-3,6-7,13,16H,4-5,8-11H2,1H3/t13-,16?/m0/s1. The van der Waals surface area contributed by atoms with Gasteiger partial charge in [0.1, 0.15) is 0 Å². The van der Waals surface area contributed by atoms with E-state index in [4.69, 9.17) is 4.74 Å². The van der Waals surface area contributed by atoms with E-state index < -0.39 is 10.0 Å². The number of rotatable bonds is 2. The summed E-state index contributed by atoms with van der Waals surface area (Å²) in [5.41, 5.74) is 3.89. The molecule has 4 nitrogen and oxygen atoms in total. The first-order valence-electron chi connectivity index (χ1n) is 7.91. The van der Waals surface area contributed by atoms with Crippen LogP contribution in [-0.4, -0.2) is 39.0 Å². The second-order valence-electron chi connectivity index (χ2n) is 6.66. The summed E-state index contributed by atoms with van der Waals surface area (Å²) in [6, 6.07) is 7.16. The minimum atomic E-state index is -3.37. The Balaban J connectivity index is 1.61. The van der Waals surface area contributed by atoms with Crippen LogP contribution in [0.25, 0.3) is 0 Å². The Kier molecular flexibility index (Phi) is 3.40. The lowest BCUT2D eigenvalue weighted by atomic mass is 9.78. The third-order valence-corrected chi connectivity index (χ3v) is 7.16. The van der Waals surface area contributed by atoms with E-state index >= 15 is 0 Å². The highest BCUT2D eigenvalue weighted by Crippen LogP contribution is 2.43. The number of hydrogen-bond donors (Lipinski definition) is 0. The van der Waals surface area contributed by atoms with Crippen LogP contribution in [0.1, 0.15) is 18.4 Å². The van der Waals surface area contributed by atoms with Crippen LogP contribution in [0, 0.1) is 18.8 Å². The Bertz CT molecular complexity index is 721. The van der Waals surface area contributed by atoms with E-state index in [1.165, 1.54) is 11.1 Å². The summed E-state index contributed by atoms with van der Waals surface area (Å²) >= 11 is 0. The molecule has 2 heterocycles. The monoisotopic (exact) mass is 319 g/mol. The number of aryl methyl sites for hydroxylation is 1. The third kappa shape index (κ3) is 2.23. The summed E-state index contributed by atoms with van der Waals surface area (Å²) in [5, 5.41) is 0. The van der Waals surface area contributed by atoms with Crippen molar-refractivity contribution >= 4 is 10.0 Å². The van der Waals surface area contributed by atoms with Crippen LogP contribution < -0.4 is 0 Å². The first-order valence-corrected chi connectivity index (χ1v) is 9.35. The number of nitrogens with zero attached hydrogens (tertiary/aromatic N) is 1. The van der Waals surface area contributed by atoms with Crippen molar-refractivity contribution in [1.29, 1.82) is 0 Å². The van der Waals surface area contributed by atoms with Crippen LogP contribution in [0.4, 0.5) is 0 Å². The molecule has 1 fully saturated rings. The zero-order valence-electron chi connectivity index (χ0n) is 12.8. The second kappa shape index (κ2) is 5.18. The van der Waals surface area contributed by atoms with Crippen LogP contribution in [0.15, 0.2) is 40.3 Å². The smallest absolute Gasteiger partial charge is 0.243 e. The van der Waals surface area contributed by atoms with Gasteiger partial charge in [0.25, 0.3) is 0 Å². The molecule has 0 radical (unpaired) electrons. The number of hydrogen-bond acceptors (Lipinski definition) is 3. The second-order valence-corrected chi connectivity index (χ2v) is 8.60. The molecule has 2 aliphatic heterocycles. The predicted octanol–water partition coefficient (Wildman–Crippen LogP) is 2.35. The van der Waals surface area contributed by atoms with Gasteiger partial charge >= 0.3 is 0 Å². The highest BCUT2D eigenvalue weighted by Gasteiger charge is 2.44. The van der Waals surface area contributed by atoms with E-state index in [-0.39, 0.29) is 0 Å². The molecular formula is C17H21NO3S. The fourth-order valence-electron chi connectivity index (χ4n) is 4.02. The zero-order chi connectivity index (χ0) is 15.3. The van der Waals surface area contributed by atoms with Gasteiger partial charge in [0.05, 0.1) is 18.1 Å². The Morgan fingerprint density at radius 2 is 1.91 bits per heavy atom. The maximum absolute atomic E-state index is 12.9. The summed E-state index contributed by atoms with van der Waals surface area (Å²) in [6.45, 7) is 4.69. The lowest BCUT2D eigenvalue weighted by Crippen LogP contribution is -2.29. The van der Waals surface area contributed by atoms with E-state index in [0.717, 1.165) is 25.0 Å². The van der Waals surface area contributed by atoms with Crippen LogP contribution in [0.5, 0.6) is 0 Å². The maximum Gasteiger partial charge on any atom is 0.243 e. The molecule has 1 saturated heterocycles. The normalized spacial score (nSPS) is 28.8. The molecule has 1 aromatic carbocycles. The number of ether oxygens (including phenoxy) is 1. The van der Waals surface area contributed by atoms with Gasteiger partial charge in [-0.2, -0.15) is 4.31 Å². The van der Waals surface area contributed by atoms with Gasteiger partial charge in [0, 0.05) is 19.0 Å². The fourth-order valence-corrected chi connectivity index (χ4v) is 5.54. The van der Waals surface area contributed by atoms with Crippen molar-refractivity contribution in [1.82, 2.24) is 4.31 Å². The largest absolute Gasteiger partial charge is 0.373 e. The van der Waals surface area contributed by atoms with E-state index in [1.807, 2.05) is 19.1 Å². The topological polar surface area (TPSA) is 46.6 Å². The van der Waals surface area contributed by atoms with Gasteiger partial charge in [-0.1, -0.05) is 17.7 Å². The van der Waals surface area contributed by atoms with Crippen LogP contribution >= 0.6 is 0 Å². The van der Waals surface area contributed by atoms with Crippen molar-refractivity contribution in [2.24, 2.45) is 11.8 Å². The van der Waals surface area contributed by atoms with Crippen molar-refractivity contribution in [3.05, 3.63) is 41.0 Å². The average molecular weight is 319 g/mol. The van der Waals surface area contributed by atoms with Gasteiger partial charge in [-0.25, -0.2) is 8.42 Å². The van der Waals surface area contributed by atoms with Crippen LogP contribution in [0.3, 0.4) is 0 Å². The molecule has 5 heteroatoms. The summed E-state index contributed by atoms with van der Waals surface area (Å²) in [4.78, 5) is 0.411. The van der Waals surface area contributed by atoms with Gasteiger partial charge in [-0.15, -0.1) is 0 Å². The molecule has 1 unspecified atom stereocenters. The quantitative estimate of drug-likeness (QED) is 0.786. The van der Waals surface area contributed by atoms with Crippen molar-refractivity contribution < 1.29 is 13.2 Å². The molecular weight excluding hydrogens is 298 g/mol. The van der Waals surface area contributed by atoms with Crippen LogP contribution in [-0.2, 0) is 14.8 Å². The molecule has 118 valence electrons. The van der Waals surface area contributed by atoms with Crippen molar-refractivity contribution in [2.45, 2.75) is 24.7 Å². The predicted molar refractivity (Wildman–Crippen MR) is 84.0 cm³/mol. The minimum absolute atomic E-state index is 0.367. The SMILES string of the molecule is Cc1ccc(S(=O)(=O)N2CC3C4=C(CC[C@H]3C2)COC4)cc1. The first kappa shape index (κ1) is 14.4. The number of benzene rings is 1. The molecule has 2 atom stereocenters. The minimum Gasteiger partial charge on any atom is -0.373 e. The summed E-state index contributed by atoms with van der Waals surface area (Å²) in [5.74, 6) is 0.826. The Morgan fingerprint density at radius 1 is 1.14 bits per heavy atom. The average Bonchev–Trinajstić information content (AvgIpc) is 3.13. The first-order chi connectivity index (χ1) is 10.6. The van der Waals surface area contributed by atoms with Crippen molar-refractivity contribution in [3.8, 4) is 0 Å². The third-order valence-electron chi connectivity index (χ3n) is 5.32. The number of fused-ring (bicyclic) bond motifs is 2. The Labute approximate surface area is 131 Å². The molecule has 0 aromatic heterocycles. The maximum atomic E-state index is 12.9. The van der Waals surface area contributed by atoms with Crippen molar-refractivity contribution in [2.75, 3.05) is 26.3 Å².